The van der Waals surface area contributed by atoms with Crippen LogP contribution in [0.3, 0.4) is 0 Å². The second-order valence-electron chi connectivity index (χ2n) is 6.26. The van der Waals surface area contributed by atoms with Crippen LogP contribution in [0.15, 0.2) is 23.1 Å². The normalized spacial score (nSPS) is 15.1. The first kappa shape index (κ1) is 19.7. The number of nitro benzene ring substituents is 1. The highest BCUT2D eigenvalue weighted by Crippen LogP contribution is 2.21. The molecule has 1 unspecified atom stereocenters. The van der Waals surface area contributed by atoms with E-state index in [0.717, 1.165) is 12.1 Å². The minimum absolute atomic E-state index is 0.232. The molecule has 11 heteroatoms. The predicted octanol–water partition coefficient (Wildman–Crippen LogP) is 1.98. The van der Waals surface area contributed by atoms with Crippen LogP contribution in [0.5, 0.6) is 0 Å². The minimum atomic E-state index is -3.92. The number of nitro groups is 1. The van der Waals surface area contributed by atoms with Crippen molar-refractivity contribution in [1.82, 2.24) is 4.13 Å². The topological polar surface area (TPSA) is 106 Å². The number of rotatable bonds is 7. The number of halogens is 1. The third-order valence-corrected chi connectivity index (χ3v) is 8.85. The van der Waals surface area contributed by atoms with Crippen LogP contribution in [-0.4, -0.2) is 37.2 Å². The highest BCUT2D eigenvalue weighted by molar-refractivity contribution is 8.09. The largest absolute Gasteiger partial charge is 0.272 e. The summed E-state index contributed by atoms with van der Waals surface area (Å²) in [4.78, 5) is 9.24. The summed E-state index contributed by atoms with van der Waals surface area (Å²) in [5.74, 6) is 1.87. The Hall–Kier alpha value is -1.30. The van der Waals surface area contributed by atoms with E-state index in [0.29, 0.717) is 12.1 Å². The molecule has 1 aromatic carbocycles. The summed E-state index contributed by atoms with van der Waals surface area (Å²) in [5, 5.41) is 10.6. The molecule has 0 heterocycles. The van der Waals surface area contributed by atoms with Gasteiger partial charge < -0.3 is 0 Å². The zero-order chi connectivity index (χ0) is 18.1. The first-order valence-corrected chi connectivity index (χ1v) is 13.6. The van der Waals surface area contributed by atoms with Gasteiger partial charge in [-0.25, -0.2) is 17.0 Å². The average molecular weight is 383 g/mol. The van der Waals surface area contributed by atoms with E-state index in [9.17, 15) is 27.1 Å². The molecule has 0 amide bonds. The number of sulfonamides is 1. The lowest BCUT2D eigenvalue weighted by Gasteiger charge is -2.17. The van der Waals surface area contributed by atoms with Gasteiger partial charge in [0, 0.05) is 14.1 Å². The molecule has 130 valence electrons. The van der Waals surface area contributed by atoms with Gasteiger partial charge in [0.1, 0.15) is 5.82 Å². The first-order valence-electron chi connectivity index (χ1n) is 6.56. The quantitative estimate of drug-likeness (QED) is 0.336. The lowest BCUT2D eigenvalue weighted by atomic mass is 10.3. The highest BCUT2D eigenvalue weighted by Gasteiger charge is 2.24. The molecular formula is C12H19FN2O5S2Si. The molecule has 0 aliphatic rings. The van der Waals surface area contributed by atoms with Gasteiger partial charge >= 0.3 is 0 Å². The van der Waals surface area contributed by atoms with Crippen LogP contribution >= 0.6 is 0 Å². The Morgan fingerprint density at radius 3 is 2.30 bits per heavy atom. The van der Waals surface area contributed by atoms with E-state index in [2.05, 4.69) is 5.87 Å². The predicted molar refractivity (Wildman–Crippen MR) is 91.7 cm³/mol. The smallest absolute Gasteiger partial charge is 0.258 e. The van der Waals surface area contributed by atoms with Gasteiger partial charge in [-0.3, -0.25) is 10.1 Å². The molecule has 23 heavy (non-hydrogen) atoms. The third-order valence-electron chi connectivity index (χ3n) is 2.86. The van der Waals surface area contributed by atoms with Gasteiger partial charge in [-0.05, 0) is 18.0 Å². The van der Waals surface area contributed by atoms with Crippen molar-refractivity contribution in [2.45, 2.75) is 30.6 Å². The maximum atomic E-state index is 13.9. The summed E-state index contributed by atoms with van der Waals surface area (Å²) in [6, 6.07) is 2.88. The number of benzene rings is 1. The van der Waals surface area contributed by atoms with Crippen LogP contribution in [0.2, 0.25) is 25.7 Å². The van der Waals surface area contributed by atoms with Crippen molar-refractivity contribution in [3.8, 4) is 0 Å². The van der Waals surface area contributed by atoms with Crippen molar-refractivity contribution >= 4 is 39.4 Å². The SMILES string of the molecule is C=S(=O)(NS(=O)(=O)CC[Si](C)(C)C)c1ccc([N+](=O)[O-])cc1F. The van der Waals surface area contributed by atoms with E-state index in [1.54, 1.807) is 0 Å². The maximum absolute atomic E-state index is 13.9. The molecule has 0 saturated carbocycles. The summed E-state index contributed by atoms with van der Waals surface area (Å²) >= 11 is 0. The van der Waals surface area contributed by atoms with Gasteiger partial charge in [0.05, 0.1) is 31.3 Å². The van der Waals surface area contributed by atoms with Crippen LogP contribution in [0.4, 0.5) is 10.1 Å². The highest BCUT2D eigenvalue weighted by atomic mass is 32.3. The second-order valence-corrected chi connectivity index (χ2v) is 16.0. The van der Waals surface area contributed by atoms with Crippen LogP contribution in [0, 0.1) is 15.9 Å². The van der Waals surface area contributed by atoms with Crippen molar-refractivity contribution in [3.05, 3.63) is 34.1 Å². The standard InChI is InChI=1S/C12H19FN2O5S2Si/c1-21(18,14-22(19,20)7-8-23(2,3)4)12-6-5-10(15(16)17)9-11(12)13/h5-6,9H,1,7-8H2,2-4H3,(H,14,18). The van der Waals surface area contributed by atoms with Crippen LogP contribution < -0.4 is 4.13 Å². The van der Waals surface area contributed by atoms with E-state index in [-0.39, 0.29) is 5.75 Å². The molecule has 1 rings (SSSR count). The van der Waals surface area contributed by atoms with Crippen molar-refractivity contribution in [2.75, 3.05) is 5.75 Å². The zero-order valence-corrected chi connectivity index (χ0v) is 15.7. The number of hydrogen-bond acceptors (Lipinski definition) is 5. The van der Waals surface area contributed by atoms with Gasteiger partial charge in [0.2, 0.25) is 10.0 Å². The summed E-state index contributed by atoms with van der Waals surface area (Å²) < 4.78 is 52.3. The molecule has 0 spiro atoms. The molecule has 0 aromatic heterocycles. The Labute approximate surface area is 136 Å². The molecular weight excluding hydrogens is 363 g/mol. The summed E-state index contributed by atoms with van der Waals surface area (Å²) in [6.07, 6.45) is 0. The van der Waals surface area contributed by atoms with E-state index in [4.69, 9.17) is 0 Å². The Morgan fingerprint density at radius 1 is 1.30 bits per heavy atom. The number of hydrogen-bond donors (Lipinski definition) is 1. The van der Waals surface area contributed by atoms with Crippen molar-refractivity contribution in [2.24, 2.45) is 0 Å². The molecule has 0 aliphatic carbocycles. The molecule has 1 aromatic rings. The minimum Gasteiger partial charge on any atom is -0.258 e. The number of nitrogens with zero attached hydrogens (tertiary/aromatic N) is 1. The van der Waals surface area contributed by atoms with Gasteiger partial charge in [-0.1, -0.05) is 19.6 Å². The summed E-state index contributed by atoms with van der Waals surface area (Å²) in [5.41, 5.74) is -0.525. The number of nitrogens with one attached hydrogen (secondary N) is 1. The number of non-ortho nitro benzene ring substituents is 1. The maximum Gasteiger partial charge on any atom is 0.272 e. The monoisotopic (exact) mass is 382 g/mol. The summed E-state index contributed by atoms with van der Waals surface area (Å²) in [6.45, 7) is 5.96. The van der Waals surface area contributed by atoms with Crippen LogP contribution in [0.25, 0.3) is 0 Å². The van der Waals surface area contributed by atoms with Crippen molar-refractivity contribution < 1.29 is 21.9 Å². The lowest BCUT2D eigenvalue weighted by Crippen LogP contribution is -2.35. The van der Waals surface area contributed by atoms with Crippen LogP contribution in [0.1, 0.15) is 0 Å². The van der Waals surface area contributed by atoms with Crippen molar-refractivity contribution in [3.63, 3.8) is 0 Å². The van der Waals surface area contributed by atoms with Gasteiger partial charge in [-0.15, -0.1) is 4.13 Å². The molecule has 0 fully saturated rings. The molecule has 0 saturated heterocycles. The Morgan fingerprint density at radius 2 is 1.87 bits per heavy atom. The zero-order valence-electron chi connectivity index (χ0n) is 13.0. The van der Waals surface area contributed by atoms with E-state index in [1.807, 2.05) is 23.8 Å². The molecule has 0 aliphatic heterocycles. The van der Waals surface area contributed by atoms with E-state index in [1.165, 1.54) is 0 Å². The van der Waals surface area contributed by atoms with E-state index >= 15 is 0 Å². The lowest BCUT2D eigenvalue weighted by molar-refractivity contribution is -0.385. The molecule has 1 N–H and O–H groups in total. The van der Waals surface area contributed by atoms with Gasteiger partial charge in [0.25, 0.3) is 5.69 Å². The molecule has 0 radical (unpaired) electrons. The Balaban J connectivity index is 3.06. The Kier molecular flexibility index (Phi) is 5.73. The first-order chi connectivity index (χ1) is 10.2. The molecule has 1 atom stereocenters. The van der Waals surface area contributed by atoms with Crippen LogP contribution in [-0.2, 0) is 19.7 Å². The van der Waals surface area contributed by atoms with Gasteiger partial charge in [-0.2, -0.15) is 0 Å². The summed E-state index contributed by atoms with van der Waals surface area (Å²) in [7, 11) is -9.23. The fourth-order valence-corrected chi connectivity index (χ4v) is 8.12. The van der Waals surface area contributed by atoms with Crippen molar-refractivity contribution in [1.29, 1.82) is 0 Å². The second kappa shape index (κ2) is 6.67. The Bertz CT molecular complexity index is 816. The fraction of sp³-hybridized carbons (Fsp3) is 0.417. The molecule has 7 nitrogen and oxygen atoms in total. The fourth-order valence-electron chi connectivity index (χ4n) is 1.60. The van der Waals surface area contributed by atoms with E-state index < -0.39 is 49.1 Å². The average Bonchev–Trinajstić information content (AvgIpc) is 2.34. The third kappa shape index (κ3) is 6.01. The van der Waals surface area contributed by atoms with Gasteiger partial charge in [0.15, 0.2) is 0 Å². The molecule has 0 bridgehead atoms.